The Balaban J connectivity index is 1.63. The van der Waals surface area contributed by atoms with Gasteiger partial charge in [0.15, 0.2) is 5.16 Å². The van der Waals surface area contributed by atoms with Crippen molar-refractivity contribution in [1.82, 2.24) is 9.55 Å². The van der Waals surface area contributed by atoms with Crippen molar-refractivity contribution in [1.29, 1.82) is 0 Å². The predicted molar refractivity (Wildman–Crippen MR) is 129 cm³/mol. The number of para-hydroxylation sites is 2. The molecular weight excluding hydrogens is 462 g/mol. The first-order chi connectivity index (χ1) is 15.7. The van der Waals surface area contributed by atoms with E-state index in [0.717, 1.165) is 11.9 Å². The lowest BCUT2D eigenvalue weighted by molar-refractivity contribution is -0.117. The fourth-order valence-electron chi connectivity index (χ4n) is 3.98. The number of primary sulfonamides is 1. The maximum Gasteiger partial charge on any atom is 0.238 e. The average molecular weight is 488 g/mol. The molecule has 9 nitrogen and oxygen atoms in total. The number of thioether (sulfide) groups is 1. The number of imidazole rings is 1. The van der Waals surface area contributed by atoms with E-state index in [2.05, 4.69) is 10.3 Å². The number of fused-ring (bicyclic) bond motifs is 2. The Kier molecular flexibility index (Phi) is 6.46. The second-order valence-corrected chi connectivity index (χ2v) is 10.4. The number of aromatic nitrogens is 2. The van der Waals surface area contributed by atoms with E-state index < -0.39 is 10.0 Å². The normalized spacial score (nSPS) is 16.4. The first kappa shape index (κ1) is 23.3. The van der Waals surface area contributed by atoms with E-state index in [1.807, 2.05) is 36.6 Å². The molecule has 0 fully saturated rings. The molecule has 0 saturated heterocycles. The Morgan fingerprint density at radius 3 is 2.76 bits per heavy atom. The molecule has 1 atom stereocenters. The number of carbonyl (C=O) groups excluding carboxylic acids is 2. The number of aryl methyl sites for hydroxylation is 1. The molecule has 11 heteroatoms. The second kappa shape index (κ2) is 9.16. The standard InChI is InChI=1S/C22H25N5O4S2/c1-3-10-26-18-9-8-15(33(23,30)31)12-17(18)25-22(26)32-13-21(29)27-14(2)11-20(28)24-16-6-4-5-7-19(16)27/h4-9,12,14H,3,10-11,13H2,1-2H3,(H,24,28)(H2,23,30,31). The van der Waals surface area contributed by atoms with Gasteiger partial charge in [0, 0.05) is 19.0 Å². The minimum Gasteiger partial charge on any atom is -0.324 e. The molecule has 1 aromatic heterocycles. The molecule has 33 heavy (non-hydrogen) atoms. The zero-order valence-corrected chi connectivity index (χ0v) is 19.9. The summed E-state index contributed by atoms with van der Waals surface area (Å²) in [5, 5.41) is 8.74. The molecule has 2 amide bonds. The second-order valence-electron chi connectivity index (χ2n) is 7.91. The summed E-state index contributed by atoms with van der Waals surface area (Å²) < 4.78 is 25.4. The van der Waals surface area contributed by atoms with Crippen molar-refractivity contribution in [2.24, 2.45) is 5.14 Å². The van der Waals surface area contributed by atoms with Gasteiger partial charge >= 0.3 is 0 Å². The molecule has 0 bridgehead atoms. The quantitative estimate of drug-likeness (QED) is 0.515. The van der Waals surface area contributed by atoms with Crippen LogP contribution in [0.5, 0.6) is 0 Å². The lowest BCUT2D eigenvalue weighted by atomic mass is 10.2. The summed E-state index contributed by atoms with van der Waals surface area (Å²) in [4.78, 5) is 31.7. The summed E-state index contributed by atoms with van der Waals surface area (Å²) in [5.74, 6) is -0.160. The number of carbonyl (C=O) groups is 2. The van der Waals surface area contributed by atoms with Crippen LogP contribution >= 0.6 is 11.8 Å². The van der Waals surface area contributed by atoms with Gasteiger partial charge < -0.3 is 14.8 Å². The maximum absolute atomic E-state index is 13.3. The summed E-state index contributed by atoms with van der Waals surface area (Å²) in [6, 6.07) is 11.6. The fraction of sp³-hybridized carbons (Fsp3) is 0.318. The SMILES string of the molecule is CCCn1c(SCC(=O)N2c3ccccc3NC(=O)CC2C)nc2cc(S(N)(=O)=O)ccc21. The topological polar surface area (TPSA) is 127 Å². The van der Waals surface area contributed by atoms with Gasteiger partial charge in [-0.2, -0.15) is 0 Å². The highest BCUT2D eigenvalue weighted by Gasteiger charge is 2.29. The highest BCUT2D eigenvalue weighted by Crippen LogP contribution is 2.33. The molecule has 2 heterocycles. The van der Waals surface area contributed by atoms with Crippen molar-refractivity contribution in [2.45, 2.75) is 49.3 Å². The van der Waals surface area contributed by atoms with Crippen molar-refractivity contribution in [3.63, 3.8) is 0 Å². The number of hydrogen-bond acceptors (Lipinski definition) is 6. The summed E-state index contributed by atoms with van der Waals surface area (Å²) in [5.41, 5.74) is 2.57. The molecular formula is C22H25N5O4S2. The van der Waals surface area contributed by atoms with Crippen molar-refractivity contribution in [3.05, 3.63) is 42.5 Å². The van der Waals surface area contributed by atoms with Gasteiger partial charge in [-0.25, -0.2) is 18.5 Å². The molecule has 3 N–H and O–H groups in total. The van der Waals surface area contributed by atoms with Crippen LogP contribution in [0.3, 0.4) is 0 Å². The predicted octanol–water partition coefficient (Wildman–Crippen LogP) is 2.95. The average Bonchev–Trinajstić information content (AvgIpc) is 3.03. The van der Waals surface area contributed by atoms with Crippen molar-refractivity contribution >= 4 is 56.0 Å². The molecule has 1 aliphatic rings. The van der Waals surface area contributed by atoms with Gasteiger partial charge in [-0.15, -0.1) is 0 Å². The van der Waals surface area contributed by atoms with Crippen LogP contribution in [-0.4, -0.2) is 41.6 Å². The summed E-state index contributed by atoms with van der Waals surface area (Å²) >= 11 is 1.29. The third kappa shape index (κ3) is 4.75. The summed E-state index contributed by atoms with van der Waals surface area (Å²) in [6.07, 6.45) is 1.05. The van der Waals surface area contributed by atoms with E-state index in [9.17, 15) is 18.0 Å². The minimum absolute atomic E-state index is 0.00376. The Morgan fingerprint density at radius 2 is 2.03 bits per heavy atom. The van der Waals surface area contributed by atoms with Gasteiger partial charge in [0.2, 0.25) is 21.8 Å². The van der Waals surface area contributed by atoms with Crippen molar-refractivity contribution < 1.29 is 18.0 Å². The Bertz CT molecular complexity index is 1340. The van der Waals surface area contributed by atoms with Crippen molar-refractivity contribution in [2.75, 3.05) is 16.0 Å². The van der Waals surface area contributed by atoms with E-state index in [4.69, 9.17) is 5.14 Å². The fourth-order valence-corrected chi connectivity index (χ4v) is 5.41. The lowest BCUT2D eigenvalue weighted by Crippen LogP contribution is -2.40. The molecule has 0 aliphatic carbocycles. The molecule has 1 aliphatic heterocycles. The van der Waals surface area contributed by atoms with Crippen LogP contribution in [0.15, 0.2) is 52.5 Å². The van der Waals surface area contributed by atoms with E-state index in [1.54, 1.807) is 17.0 Å². The molecule has 0 saturated carbocycles. The number of nitrogens with one attached hydrogen (secondary N) is 1. The van der Waals surface area contributed by atoms with Gasteiger partial charge in [0.25, 0.3) is 0 Å². The van der Waals surface area contributed by atoms with Crippen LogP contribution in [0.1, 0.15) is 26.7 Å². The number of anilines is 2. The van der Waals surface area contributed by atoms with Crippen molar-refractivity contribution in [3.8, 4) is 0 Å². The van der Waals surface area contributed by atoms with Crippen LogP contribution in [-0.2, 0) is 26.2 Å². The van der Waals surface area contributed by atoms with Crippen LogP contribution in [0.2, 0.25) is 0 Å². The summed E-state index contributed by atoms with van der Waals surface area (Å²) in [7, 11) is -3.84. The Morgan fingerprint density at radius 1 is 1.27 bits per heavy atom. The minimum atomic E-state index is -3.84. The lowest BCUT2D eigenvalue weighted by Gasteiger charge is -2.27. The third-order valence-corrected chi connectivity index (χ3v) is 7.29. The van der Waals surface area contributed by atoms with Gasteiger partial charge in [-0.1, -0.05) is 30.8 Å². The monoisotopic (exact) mass is 487 g/mol. The number of hydrogen-bond donors (Lipinski definition) is 2. The van der Waals surface area contributed by atoms with E-state index in [0.29, 0.717) is 28.6 Å². The molecule has 3 aromatic rings. The highest BCUT2D eigenvalue weighted by atomic mass is 32.2. The Labute approximate surface area is 196 Å². The number of nitrogens with two attached hydrogens (primary N) is 1. The number of amides is 2. The molecule has 1 unspecified atom stereocenters. The highest BCUT2D eigenvalue weighted by molar-refractivity contribution is 7.99. The zero-order valence-electron chi connectivity index (χ0n) is 18.3. The largest absolute Gasteiger partial charge is 0.324 e. The number of benzene rings is 2. The molecule has 174 valence electrons. The number of nitrogens with zero attached hydrogens (tertiary/aromatic N) is 3. The van der Waals surface area contributed by atoms with Gasteiger partial charge in [0.1, 0.15) is 0 Å². The van der Waals surface area contributed by atoms with E-state index >= 15 is 0 Å². The van der Waals surface area contributed by atoms with E-state index in [1.165, 1.54) is 23.9 Å². The van der Waals surface area contributed by atoms with Crippen LogP contribution < -0.4 is 15.4 Å². The summed E-state index contributed by atoms with van der Waals surface area (Å²) in [6.45, 7) is 4.55. The zero-order chi connectivity index (χ0) is 23.8. The molecule has 0 spiro atoms. The number of sulfonamides is 1. The van der Waals surface area contributed by atoms with Crippen LogP contribution in [0.4, 0.5) is 11.4 Å². The molecule has 0 radical (unpaired) electrons. The smallest absolute Gasteiger partial charge is 0.238 e. The van der Waals surface area contributed by atoms with Gasteiger partial charge in [-0.05, 0) is 43.7 Å². The first-order valence-corrected chi connectivity index (χ1v) is 13.1. The van der Waals surface area contributed by atoms with Crippen LogP contribution in [0, 0.1) is 0 Å². The van der Waals surface area contributed by atoms with E-state index in [-0.39, 0.29) is 34.9 Å². The third-order valence-electron chi connectivity index (χ3n) is 5.41. The first-order valence-electron chi connectivity index (χ1n) is 10.6. The number of rotatable bonds is 6. The Hall–Kier alpha value is -2.89. The molecule has 4 rings (SSSR count). The van der Waals surface area contributed by atoms with Gasteiger partial charge in [-0.3, -0.25) is 9.59 Å². The maximum atomic E-state index is 13.3. The van der Waals surface area contributed by atoms with Gasteiger partial charge in [0.05, 0.1) is 33.1 Å². The van der Waals surface area contributed by atoms with Crippen LogP contribution in [0.25, 0.3) is 11.0 Å². The molecule has 2 aromatic carbocycles.